The molecule has 0 aliphatic carbocycles. The van der Waals surface area contributed by atoms with E-state index < -0.39 is 11.1 Å². The maximum Gasteiger partial charge on any atom is 0.186 e. The molecule has 15 heavy (non-hydrogen) atoms. The van der Waals surface area contributed by atoms with Gasteiger partial charge in [-0.1, -0.05) is 33.8 Å². The fraction of sp³-hybridized carbons (Fsp3) is 0.500. The lowest BCUT2D eigenvalue weighted by Crippen LogP contribution is -1.98. The molecule has 1 unspecified atom stereocenters. The van der Waals surface area contributed by atoms with Gasteiger partial charge in [-0.05, 0) is 35.1 Å². The van der Waals surface area contributed by atoms with Gasteiger partial charge in [0.15, 0.2) is 11.1 Å². The Morgan fingerprint density at radius 2 is 1.40 bits per heavy atom. The van der Waals surface area contributed by atoms with E-state index in [1.54, 1.807) is 0 Å². The van der Waals surface area contributed by atoms with E-state index in [4.69, 9.17) is 4.55 Å². The molecule has 0 aromatic heterocycles. The predicted octanol–water partition coefficient (Wildman–Crippen LogP) is 3.51. The first-order chi connectivity index (χ1) is 6.91. The van der Waals surface area contributed by atoms with E-state index in [1.165, 1.54) is 0 Å². The van der Waals surface area contributed by atoms with Crippen molar-refractivity contribution in [3.05, 3.63) is 29.3 Å². The van der Waals surface area contributed by atoms with Crippen LogP contribution in [-0.2, 0) is 11.1 Å². The van der Waals surface area contributed by atoms with E-state index in [2.05, 4.69) is 33.8 Å². The van der Waals surface area contributed by atoms with Crippen LogP contribution in [0, 0.1) is 0 Å². The summed E-state index contributed by atoms with van der Waals surface area (Å²) >= 11 is -1.88. The molecule has 0 aliphatic heterocycles. The van der Waals surface area contributed by atoms with Gasteiger partial charge in [-0.2, -0.15) is 0 Å². The van der Waals surface area contributed by atoms with Crippen LogP contribution in [0.3, 0.4) is 0 Å². The summed E-state index contributed by atoms with van der Waals surface area (Å²) in [6, 6.07) is 5.74. The van der Waals surface area contributed by atoms with Crippen molar-refractivity contribution in [1.29, 1.82) is 0 Å². The first-order valence-corrected chi connectivity index (χ1v) is 6.28. The predicted molar refractivity (Wildman–Crippen MR) is 63.7 cm³/mol. The Morgan fingerprint density at radius 1 is 1.00 bits per heavy atom. The molecule has 84 valence electrons. The second-order valence-electron chi connectivity index (χ2n) is 4.39. The molecule has 1 atom stereocenters. The lowest BCUT2D eigenvalue weighted by Gasteiger charge is -2.12. The largest absolute Gasteiger partial charge is 0.302 e. The van der Waals surface area contributed by atoms with Gasteiger partial charge in [-0.15, -0.1) is 0 Å². The monoisotopic (exact) mass is 226 g/mol. The SMILES string of the molecule is CC(C)c1cc(C(C)C)cc(S(=O)O)c1. The Bertz CT molecular complexity index is 344. The molecule has 1 N–H and O–H groups in total. The Morgan fingerprint density at radius 3 is 1.67 bits per heavy atom. The highest BCUT2D eigenvalue weighted by Gasteiger charge is 2.09. The molecule has 1 rings (SSSR count). The van der Waals surface area contributed by atoms with Crippen LogP contribution in [0.4, 0.5) is 0 Å². The summed E-state index contributed by atoms with van der Waals surface area (Å²) < 4.78 is 20.2. The molecule has 0 saturated heterocycles. The molecule has 3 heteroatoms. The Balaban J connectivity index is 3.26. The normalized spacial score (nSPS) is 13.5. The number of hydrogen-bond donors (Lipinski definition) is 1. The second-order valence-corrected chi connectivity index (χ2v) is 5.36. The van der Waals surface area contributed by atoms with Crippen molar-refractivity contribution in [3.63, 3.8) is 0 Å². The summed E-state index contributed by atoms with van der Waals surface area (Å²) in [5, 5.41) is 0. The average molecular weight is 226 g/mol. The second kappa shape index (κ2) is 4.90. The van der Waals surface area contributed by atoms with Crippen molar-refractivity contribution in [2.45, 2.75) is 44.4 Å². The van der Waals surface area contributed by atoms with Crippen LogP contribution in [-0.4, -0.2) is 8.76 Å². The lowest BCUT2D eigenvalue weighted by molar-refractivity contribution is 0.564. The zero-order valence-corrected chi connectivity index (χ0v) is 10.5. The molecule has 1 aromatic rings. The summed E-state index contributed by atoms with van der Waals surface area (Å²) in [5.74, 6) is 0.761. The molecular formula is C12H18O2S. The van der Waals surface area contributed by atoms with Crippen molar-refractivity contribution in [2.75, 3.05) is 0 Å². The molecule has 0 bridgehead atoms. The summed E-state index contributed by atoms with van der Waals surface area (Å²) in [7, 11) is 0. The van der Waals surface area contributed by atoms with Crippen LogP contribution in [0.25, 0.3) is 0 Å². The summed E-state index contributed by atoms with van der Waals surface area (Å²) in [5.41, 5.74) is 2.25. The number of hydrogen-bond acceptors (Lipinski definition) is 1. The van der Waals surface area contributed by atoms with Gasteiger partial charge in [0, 0.05) is 0 Å². The Kier molecular flexibility index (Phi) is 4.05. The van der Waals surface area contributed by atoms with Crippen molar-refractivity contribution >= 4 is 11.1 Å². The van der Waals surface area contributed by atoms with Crippen molar-refractivity contribution in [2.24, 2.45) is 0 Å². The topological polar surface area (TPSA) is 37.3 Å². The van der Waals surface area contributed by atoms with Crippen molar-refractivity contribution in [3.8, 4) is 0 Å². The molecule has 0 aliphatic rings. The molecule has 0 amide bonds. The standard InChI is InChI=1S/C12H18O2S/c1-8(2)10-5-11(9(3)4)7-12(6-10)15(13)14/h5-9H,1-4H3,(H,13,14). The fourth-order valence-electron chi connectivity index (χ4n) is 1.41. The van der Waals surface area contributed by atoms with Crippen LogP contribution < -0.4 is 0 Å². The quantitative estimate of drug-likeness (QED) is 0.801. The minimum atomic E-state index is -1.88. The maximum atomic E-state index is 11.1. The van der Waals surface area contributed by atoms with Gasteiger partial charge in [0.05, 0.1) is 4.90 Å². The lowest BCUT2D eigenvalue weighted by atomic mass is 9.96. The van der Waals surface area contributed by atoms with E-state index in [0.717, 1.165) is 11.1 Å². The van der Waals surface area contributed by atoms with E-state index >= 15 is 0 Å². The highest BCUT2D eigenvalue weighted by Crippen LogP contribution is 2.24. The van der Waals surface area contributed by atoms with Gasteiger partial charge in [-0.3, -0.25) is 0 Å². The van der Waals surface area contributed by atoms with Gasteiger partial charge in [0.25, 0.3) is 0 Å². The molecule has 1 aromatic carbocycles. The van der Waals surface area contributed by atoms with Gasteiger partial charge >= 0.3 is 0 Å². The van der Waals surface area contributed by atoms with Crippen LogP contribution in [0.5, 0.6) is 0 Å². The highest BCUT2D eigenvalue weighted by molar-refractivity contribution is 7.79. The molecular weight excluding hydrogens is 208 g/mol. The minimum absolute atomic E-state index is 0.381. The highest BCUT2D eigenvalue weighted by atomic mass is 32.2. The summed E-state index contributed by atoms with van der Waals surface area (Å²) in [4.78, 5) is 0.505. The molecule has 2 nitrogen and oxygen atoms in total. The van der Waals surface area contributed by atoms with Gasteiger partial charge in [0.2, 0.25) is 0 Å². The molecule has 0 saturated carbocycles. The van der Waals surface area contributed by atoms with Crippen LogP contribution in [0.1, 0.15) is 50.7 Å². The number of benzene rings is 1. The first kappa shape index (κ1) is 12.4. The third kappa shape index (κ3) is 3.14. The molecule has 0 radical (unpaired) electrons. The van der Waals surface area contributed by atoms with Crippen LogP contribution in [0.15, 0.2) is 23.1 Å². The summed E-state index contributed by atoms with van der Waals surface area (Å²) in [6.45, 7) is 8.35. The molecule has 0 fully saturated rings. The fourth-order valence-corrected chi connectivity index (χ4v) is 1.89. The molecule has 0 spiro atoms. The smallest absolute Gasteiger partial charge is 0.186 e. The minimum Gasteiger partial charge on any atom is -0.302 e. The van der Waals surface area contributed by atoms with Gasteiger partial charge in [-0.25, -0.2) is 4.21 Å². The van der Waals surface area contributed by atoms with E-state index in [9.17, 15) is 4.21 Å². The zero-order chi connectivity index (χ0) is 11.6. The Hall–Kier alpha value is -0.670. The van der Waals surface area contributed by atoms with E-state index in [1.807, 2.05) is 12.1 Å². The zero-order valence-electron chi connectivity index (χ0n) is 9.65. The van der Waals surface area contributed by atoms with Gasteiger partial charge < -0.3 is 4.55 Å². The third-order valence-corrected chi connectivity index (χ3v) is 3.13. The van der Waals surface area contributed by atoms with Crippen molar-refractivity contribution < 1.29 is 8.76 Å². The van der Waals surface area contributed by atoms with Crippen LogP contribution >= 0.6 is 0 Å². The molecule has 0 heterocycles. The van der Waals surface area contributed by atoms with E-state index in [-0.39, 0.29) is 0 Å². The van der Waals surface area contributed by atoms with Crippen LogP contribution in [0.2, 0.25) is 0 Å². The van der Waals surface area contributed by atoms with Gasteiger partial charge in [0.1, 0.15) is 0 Å². The number of rotatable bonds is 3. The maximum absolute atomic E-state index is 11.1. The third-order valence-electron chi connectivity index (χ3n) is 2.49. The Labute approximate surface area is 94.0 Å². The average Bonchev–Trinajstić information content (AvgIpc) is 2.16. The summed E-state index contributed by atoms with van der Waals surface area (Å²) in [6.07, 6.45) is 0. The first-order valence-electron chi connectivity index (χ1n) is 5.17. The van der Waals surface area contributed by atoms with Crippen molar-refractivity contribution in [1.82, 2.24) is 0 Å². The van der Waals surface area contributed by atoms with E-state index in [0.29, 0.717) is 16.7 Å².